The van der Waals surface area contributed by atoms with Crippen molar-refractivity contribution in [2.24, 2.45) is 0 Å². The van der Waals surface area contributed by atoms with Gasteiger partial charge in [0.2, 0.25) is 0 Å². The maximum absolute atomic E-state index is 14.4. The summed E-state index contributed by atoms with van der Waals surface area (Å²) in [4.78, 5) is 37.2. The van der Waals surface area contributed by atoms with Gasteiger partial charge in [-0.1, -0.05) is 53.4 Å². The number of hydrogen-bond acceptors (Lipinski definition) is 4. The molecule has 262 valence electrons. The zero-order valence-corrected chi connectivity index (χ0v) is 30.9. The Kier molecular flexibility index (Phi) is 14.7. The molecule has 47 heavy (non-hydrogen) atoms. The zero-order valence-electron chi connectivity index (χ0n) is 30.9. The van der Waals surface area contributed by atoms with Gasteiger partial charge < -0.3 is 30.2 Å². The van der Waals surface area contributed by atoms with Gasteiger partial charge in [-0.15, -0.1) is 0 Å². The number of carbonyl (C=O) groups is 2. The predicted molar refractivity (Wildman–Crippen MR) is 201 cm³/mol. The molecule has 2 aromatic rings. The predicted octanol–water partition coefficient (Wildman–Crippen LogP) is 9.83. The lowest BCUT2D eigenvalue weighted by Crippen LogP contribution is -2.61. The fourth-order valence-corrected chi connectivity index (χ4v) is 7.58. The Hall–Kier alpha value is -3.42. The molecule has 8 heteroatoms. The second kappa shape index (κ2) is 18.2. The van der Waals surface area contributed by atoms with Gasteiger partial charge in [0.1, 0.15) is 0 Å². The summed E-state index contributed by atoms with van der Waals surface area (Å²) in [6.07, 6.45) is 11.5. The van der Waals surface area contributed by atoms with Gasteiger partial charge >= 0.3 is 12.1 Å². The Morgan fingerprint density at radius 2 is 1.13 bits per heavy atom. The SMILES string of the molecule is CCCC(CCC)N(C(=O)Nc1ccc(N(C)C)cc1)C1CCCC(C)(N(C(=O)Nc2ccc(N(C)C)cc2)C(CCC)CCC)C1. The van der Waals surface area contributed by atoms with E-state index in [0.29, 0.717) is 0 Å². The highest BCUT2D eigenvalue weighted by Gasteiger charge is 2.45. The summed E-state index contributed by atoms with van der Waals surface area (Å²) in [6.45, 7) is 11.1. The first-order valence-electron chi connectivity index (χ1n) is 18.2. The Balaban J connectivity index is 1.97. The Labute approximate surface area is 286 Å². The van der Waals surface area contributed by atoms with Gasteiger partial charge in [-0.05, 0) is 107 Å². The first-order valence-corrected chi connectivity index (χ1v) is 18.2. The van der Waals surface area contributed by atoms with E-state index in [0.717, 1.165) is 99.8 Å². The summed E-state index contributed by atoms with van der Waals surface area (Å²) < 4.78 is 0. The van der Waals surface area contributed by atoms with E-state index in [-0.39, 0.29) is 35.7 Å². The molecule has 0 saturated heterocycles. The highest BCUT2D eigenvalue weighted by Crippen LogP contribution is 2.40. The first kappa shape index (κ1) is 38.0. The van der Waals surface area contributed by atoms with Crippen LogP contribution in [0, 0.1) is 0 Å². The minimum Gasteiger partial charge on any atom is -0.378 e. The van der Waals surface area contributed by atoms with Crippen molar-refractivity contribution in [1.29, 1.82) is 0 Å². The first-order chi connectivity index (χ1) is 22.5. The van der Waals surface area contributed by atoms with Gasteiger partial charge in [-0.3, -0.25) is 0 Å². The molecular formula is C39H64N6O2. The summed E-state index contributed by atoms with van der Waals surface area (Å²) in [6, 6.07) is 16.4. The molecule has 1 aliphatic carbocycles. The summed E-state index contributed by atoms with van der Waals surface area (Å²) >= 11 is 0. The van der Waals surface area contributed by atoms with Crippen molar-refractivity contribution < 1.29 is 9.59 Å². The topological polar surface area (TPSA) is 71.2 Å². The van der Waals surface area contributed by atoms with E-state index in [1.165, 1.54) is 0 Å². The van der Waals surface area contributed by atoms with Gasteiger partial charge in [0, 0.05) is 74.6 Å². The van der Waals surface area contributed by atoms with Crippen molar-refractivity contribution in [3.63, 3.8) is 0 Å². The third-order valence-corrected chi connectivity index (χ3v) is 9.87. The van der Waals surface area contributed by atoms with E-state index in [2.05, 4.69) is 64.9 Å². The van der Waals surface area contributed by atoms with Crippen LogP contribution >= 0.6 is 0 Å². The molecule has 0 aliphatic heterocycles. The van der Waals surface area contributed by atoms with E-state index in [4.69, 9.17) is 0 Å². The van der Waals surface area contributed by atoms with Crippen LogP contribution in [0.4, 0.5) is 32.3 Å². The normalized spacial score (nSPS) is 17.8. The van der Waals surface area contributed by atoms with Crippen molar-refractivity contribution >= 4 is 34.8 Å². The fraction of sp³-hybridized carbons (Fsp3) is 0.641. The monoisotopic (exact) mass is 649 g/mol. The molecule has 1 aliphatic rings. The Morgan fingerprint density at radius 3 is 1.55 bits per heavy atom. The highest BCUT2D eigenvalue weighted by atomic mass is 16.2. The van der Waals surface area contributed by atoms with Crippen LogP contribution in [0.15, 0.2) is 48.5 Å². The number of nitrogens with zero attached hydrogens (tertiary/aromatic N) is 4. The van der Waals surface area contributed by atoms with Crippen molar-refractivity contribution in [3.05, 3.63) is 48.5 Å². The van der Waals surface area contributed by atoms with Crippen LogP contribution < -0.4 is 20.4 Å². The average molecular weight is 649 g/mol. The maximum Gasteiger partial charge on any atom is 0.322 e. The number of urea groups is 2. The number of hydrogen-bond donors (Lipinski definition) is 2. The third kappa shape index (κ3) is 10.3. The lowest BCUT2D eigenvalue weighted by Gasteiger charge is -2.52. The standard InChI is InChI=1S/C39H64N6O2/c1-10-15-34(16-11-2)44(37(46)40-30-20-24-32(25-21-30)42(6)7)36-19-14-28-39(5,29-36)45(35(17-12-3)18-13-4)38(47)41-31-22-26-33(27-23-31)43(8)9/h20-27,34-36H,10-19,28-29H2,1-9H3,(H,40,46)(H,41,47). The molecule has 1 saturated carbocycles. The minimum atomic E-state index is -0.388. The molecule has 3 rings (SSSR count). The fourth-order valence-electron chi connectivity index (χ4n) is 7.58. The van der Waals surface area contributed by atoms with Gasteiger partial charge in [-0.2, -0.15) is 0 Å². The number of carbonyl (C=O) groups excluding carboxylic acids is 2. The lowest BCUT2D eigenvalue weighted by atomic mass is 9.76. The maximum atomic E-state index is 14.4. The van der Waals surface area contributed by atoms with Crippen LogP contribution in [0.5, 0.6) is 0 Å². The van der Waals surface area contributed by atoms with Crippen LogP contribution in [0.2, 0.25) is 0 Å². The molecule has 2 unspecified atom stereocenters. The molecule has 2 atom stereocenters. The second-order valence-electron chi connectivity index (χ2n) is 14.2. The largest absolute Gasteiger partial charge is 0.378 e. The van der Waals surface area contributed by atoms with Crippen LogP contribution in [0.3, 0.4) is 0 Å². The molecule has 4 amide bonds. The molecule has 1 fully saturated rings. The number of anilines is 4. The number of benzene rings is 2. The number of nitrogens with one attached hydrogen (secondary N) is 2. The summed E-state index contributed by atoms with van der Waals surface area (Å²) in [5, 5.41) is 6.54. The van der Waals surface area contributed by atoms with Gasteiger partial charge in [-0.25, -0.2) is 9.59 Å². The molecular weight excluding hydrogens is 584 g/mol. The highest BCUT2D eigenvalue weighted by molar-refractivity contribution is 5.91. The molecule has 0 heterocycles. The molecule has 8 nitrogen and oxygen atoms in total. The Morgan fingerprint density at radius 1 is 0.702 bits per heavy atom. The molecule has 0 bridgehead atoms. The Bertz CT molecular complexity index is 1220. The van der Waals surface area contributed by atoms with Crippen molar-refractivity contribution in [1.82, 2.24) is 9.80 Å². The van der Waals surface area contributed by atoms with Crippen LogP contribution in [-0.2, 0) is 0 Å². The summed E-state index contributed by atoms with van der Waals surface area (Å²) in [5.41, 5.74) is 3.42. The number of amides is 4. The third-order valence-electron chi connectivity index (χ3n) is 9.87. The molecule has 0 spiro atoms. The summed E-state index contributed by atoms with van der Waals surface area (Å²) in [5.74, 6) is 0. The van der Waals surface area contributed by atoms with Gasteiger partial charge in [0.05, 0.1) is 0 Å². The molecule has 0 aromatic heterocycles. The van der Waals surface area contributed by atoms with Gasteiger partial charge in [0.25, 0.3) is 0 Å². The molecule has 0 radical (unpaired) electrons. The number of rotatable bonds is 16. The van der Waals surface area contributed by atoms with Crippen molar-refractivity contribution in [2.75, 3.05) is 48.6 Å². The smallest absolute Gasteiger partial charge is 0.322 e. The van der Waals surface area contributed by atoms with E-state index in [1.54, 1.807) is 0 Å². The summed E-state index contributed by atoms with van der Waals surface area (Å²) in [7, 11) is 8.08. The lowest BCUT2D eigenvalue weighted by molar-refractivity contribution is 0.0201. The van der Waals surface area contributed by atoms with Crippen molar-refractivity contribution in [3.8, 4) is 0 Å². The van der Waals surface area contributed by atoms with Crippen LogP contribution in [0.25, 0.3) is 0 Å². The zero-order chi connectivity index (χ0) is 34.6. The van der Waals surface area contributed by atoms with E-state index in [9.17, 15) is 9.59 Å². The van der Waals surface area contributed by atoms with Crippen LogP contribution in [-0.4, -0.2) is 73.7 Å². The van der Waals surface area contributed by atoms with Crippen molar-refractivity contribution in [2.45, 2.75) is 135 Å². The second-order valence-corrected chi connectivity index (χ2v) is 14.2. The van der Waals surface area contributed by atoms with E-state index < -0.39 is 0 Å². The van der Waals surface area contributed by atoms with Crippen LogP contribution in [0.1, 0.15) is 112 Å². The van der Waals surface area contributed by atoms with E-state index in [1.807, 2.05) is 76.7 Å². The molecule has 2 aromatic carbocycles. The minimum absolute atomic E-state index is 0.0283. The quantitative estimate of drug-likeness (QED) is 0.190. The molecule has 2 N–H and O–H groups in total. The van der Waals surface area contributed by atoms with E-state index >= 15 is 0 Å². The van der Waals surface area contributed by atoms with Gasteiger partial charge in [0.15, 0.2) is 0 Å². The average Bonchev–Trinajstić information content (AvgIpc) is 3.02.